The fraction of sp³-hybridized carbons (Fsp3) is 0.818. The average molecular weight is 192 g/mol. The van der Waals surface area contributed by atoms with Crippen molar-refractivity contribution in [1.82, 2.24) is 4.90 Å². The van der Waals surface area contributed by atoms with Crippen molar-refractivity contribution in [3.63, 3.8) is 0 Å². The number of carbonyl (C=O) groups is 1. The van der Waals surface area contributed by atoms with Gasteiger partial charge in [0, 0.05) is 13.6 Å². The van der Waals surface area contributed by atoms with Crippen LogP contribution in [0.25, 0.3) is 0 Å². The SMILES string of the molecule is CN(CC1CCC1)C(=O)C1(C#N)CC1. The predicted molar refractivity (Wildman–Crippen MR) is 52.3 cm³/mol. The van der Waals surface area contributed by atoms with Gasteiger partial charge in [-0.15, -0.1) is 0 Å². The summed E-state index contributed by atoms with van der Waals surface area (Å²) in [5, 5.41) is 8.88. The van der Waals surface area contributed by atoms with Gasteiger partial charge in [-0.3, -0.25) is 4.79 Å². The molecule has 0 heterocycles. The summed E-state index contributed by atoms with van der Waals surface area (Å²) >= 11 is 0. The van der Waals surface area contributed by atoms with Crippen LogP contribution in [0.3, 0.4) is 0 Å². The zero-order chi connectivity index (χ0) is 10.2. The fourth-order valence-electron chi connectivity index (χ4n) is 2.01. The molecule has 2 rings (SSSR count). The minimum Gasteiger partial charge on any atom is -0.344 e. The molecule has 0 aromatic heterocycles. The molecule has 0 atom stereocenters. The molecular weight excluding hydrogens is 176 g/mol. The van der Waals surface area contributed by atoms with Crippen LogP contribution in [0.15, 0.2) is 0 Å². The molecule has 0 spiro atoms. The van der Waals surface area contributed by atoms with Crippen LogP contribution in [0.2, 0.25) is 0 Å². The number of nitriles is 1. The molecule has 2 aliphatic carbocycles. The van der Waals surface area contributed by atoms with Crippen LogP contribution >= 0.6 is 0 Å². The summed E-state index contributed by atoms with van der Waals surface area (Å²) in [6.45, 7) is 0.849. The average Bonchev–Trinajstić information content (AvgIpc) is 2.90. The van der Waals surface area contributed by atoms with Gasteiger partial charge in [0.1, 0.15) is 5.41 Å². The molecule has 0 aromatic rings. The summed E-state index contributed by atoms with van der Waals surface area (Å²) in [6, 6.07) is 2.15. The number of amides is 1. The molecule has 2 aliphatic rings. The maximum absolute atomic E-state index is 11.8. The third-order valence-corrected chi connectivity index (χ3v) is 3.48. The van der Waals surface area contributed by atoms with Crippen LogP contribution in [-0.4, -0.2) is 24.4 Å². The van der Waals surface area contributed by atoms with Crippen molar-refractivity contribution < 1.29 is 4.79 Å². The highest BCUT2D eigenvalue weighted by Crippen LogP contribution is 2.46. The molecule has 0 unspecified atom stereocenters. The molecule has 2 saturated carbocycles. The first kappa shape index (κ1) is 9.51. The van der Waals surface area contributed by atoms with E-state index in [1.165, 1.54) is 19.3 Å². The van der Waals surface area contributed by atoms with Crippen molar-refractivity contribution in [3.05, 3.63) is 0 Å². The number of hydrogen-bond donors (Lipinski definition) is 0. The summed E-state index contributed by atoms with van der Waals surface area (Å²) in [7, 11) is 1.83. The van der Waals surface area contributed by atoms with E-state index in [2.05, 4.69) is 6.07 Å². The Balaban J connectivity index is 1.88. The number of nitrogens with zero attached hydrogens (tertiary/aromatic N) is 2. The second-order valence-corrected chi connectivity index (χ2v) is 4.68. The lowest BCUT2D eigenvalue weighted by molar-refractivity contribution is -0.134. The zero-order valence-electron chi connectivity index (χ0n) is 8.62. The monoisotopic (exact) mass is 192 g/mol. The lowest BCUT2D eigenvalue weighted by Gasteiger charge is -2.31. The summed E-state index contributed by atoms with van der Waals surface area (Å²) in [4.78, 5) is 13.6. The highest BCUT2D eigenvalue weighted by Gasteiger charge is 2.52. The molecular formula is C11H16N2O. The minimum absolute atomic E-state index is 0.0481. The van der Waals surface area contributed by atoms with Crippen LogP contribution in [0.4, 0.5) is 0 Å². The van der Waals surface area contributed by atoms with Gasteiger partial charge in [0.15, 0.2) is 0 Å². The van der Waals surface area contributed by atoms with E-state index in [1.807, 2.05) is 7.05 Å². The Kier molecular flexibility index (Phi) is 2.22. The van der Waals surface area contributed by atoms with E-state index in [1.54, 1.807) is 4.90 Å². The number of carbonyl (C=O) groups excluding carboxylic acids is 1. The highest BCUT2D eigenvalue weighted by molar-refractivity contribution is 5.88. The molecule has 3 nitrogen and oxygen atoms in total. The third kappa shape index (κ3) is 1.50. The van der Waals surface area contributed by atoms with Gasteiger partial charge in [-0.05, 0) is 31.6 Å². The lowest BCUT2D eigenvalue weighted by atomic mass is 9.85. The first-order valence-corrected chi connectivity index (χ1v) is 5.35. The van der Waals surface area contributed by atoms with Gasteiger partial charge in [0.05, 0.1) is 6.07 Å². The van der Waals surface area contributed by atoms with E-state index in [0.717, 1.165) is 19.4 Å². The van der Waals surface area contributed by atoms with Crippen molar-refractivity contribution in [1.29, 1.82) is 5.26 Å². The number of hydrogen-bond acceptors (Lipinski definition) is 2. The van der Waals surface area contributed by atoms with Crippen LogP contribution in [0, 0.1) is 22.7 Å². The molecule has 0 bridgehead atoms. The second-order valence-electron chi connectivity index (χ2n) is 4.68. The molecule has 1 amide bonds. The van der Waals surface area contributed by atoms with Gasteiger partial charge in [0.25, 0.3) is 0 Å². The Bertz CT molecular complexity index is 284. The highest BCUT2D eigenvalue weighted by atomic mass is 16.2. The van der Waals surface area contributed by atoms with Crippen molar-refractivity contribution in [2.75, 3.05) is 13.6 Å². The van der Waals surface area contributed by atoms with E-state index >= 15 is 0 Å². The van der Waals surface area contributed by atoms with Crippen LogP contribution in [0.1, 0.15) is 32.1 Å². The first-order chi connectivity index (χ1) is 6.68. The molecule has 0 saturated heterocycles. The Labute approximate surface area is 84.7 Å². The summed E-state index contributed by atoms with van der Waals surface area (Å²) in [5.41, 5.74) is -0.626. The summed E-state index contributed by atoms with van der Waals surface area (Å²) < 4.78 is 0. The minimum atomic E-state index is -0.626. The third-order valence-electron chi connectivity index (χ3n) is 3.48. The molecule has 0 aromatic carbocycles. The van der Waals surface area contributed by atoms with Crippen LogP contribution in [0.5, 0.6) is 0 Å². The standard InChI is InChI=1S/C11H16N2O/c1-13(7-9-3-2-4-9)10(14)11(8-12)5-6-11/h9H,2-7H2,1H3. The summed E-state index contributed by atoms with van der Waals surface area (Å²) in [5.74, 6) is 0.741. The zero-order valence-corrected chi connectivity index (χ0v) is 8.62. The molecule has 3 heteroatoms. The van der Waals surface area contributed by atoms with Gasteiger partial charge in [-0.25, -0.2) is 0 Å². The Hall–Kier alpha value is -1.04. The lowest BCUT2D eigenvalue weighted by Crippen LogP contribution is -2.38. The largest absolute Gasteiger partial charge is 0.344 e. The number of rotatable bonds is 3. The quantitative estimate of drug-likeness (QED) is 0.681. The van der Waals surface area contributed by atoms with E-state index in [9.17, 15) is 4.79 Å². The van der Waals surface area contributed by atoms with Crippen molar-refractivity contribution in [2.45, 2.75) is 32.1 Å². The molecule has 14 heavy (non-hydrogen) atoms. The maximum Gasteiger partial charge on any atom is 0.242 e. The fourth-order valence-corrected chi connectivity index (χ4v) is 2.01. The van der Waals surface area contributed by atoms with Crippen molar-refractivity contribution in [2.24, 2.45) is 11.3 Å². The van der Waals surface area contributed by atoms with Crippen molar-refractivity contribution in [3.8, 4) is 6.07 Å². The van der Waals surface area contributed by atoms with E-state index in [0.29, 0.717) is 5.92 Å². The van der Waals surface area contributed by atoms with E-state index < -0.39 is 5.41 Å². The van der Waals surface area contributed by atoms with Gasteiger partial charge in [-0.2, -0.15) is 5.26 Å². The Morgan fingerprint density at radius 2 is 2.21 bits per heavy atom. The predicted octanol–water partition coefficient (Wildman–Crippen LogP) is 1.55. The molecule has 2 fully saturated rings. The Morgan fingerprint density at radius 3 is 2.57 bits per heavy atom. The smallest absolute Gasteiger partial charge is 0.242 e. The van der Waals surface area contributed by atoms with Gasteiger partial charge >= 0.3 is 0 Å². The molecule has 76 valence electrons. The first-order valence-electron chi connectivity index (χ1n) is 5.35. The molecule has 0 radical (unpaired) electrons. The van der Waals surface area contributed by atoms with Crippen LogP contribution in [-0.2, 0) is 4.79 Å². The normalized spacial score (nSPS) is 23.4. The van der Waals surface area contributed by atoms with Gasteiger partial charge in [0.2, 0.25) is 5.91 Å². The summed E-state index contributed by atoms with van der Waals surface area (Å²) in [6.07, 6.45) is 5.32. The second kappa shape index (κ2) is 3.27. The van der Waals surface area contributed by atoms with E-state index in [4.69, 9.17) is 5.26 Å². The van der Waals surface area contributed by atoms with E-state index in [-0.39, 0.29) is 5.91 Å². The van der Waals surface area contributed by atoms with Crippen LogP contribution < -0.4 is 0 Å². The Morgan fingerprint density at radius 1 is 1.57 bits per heavy atom. The van der Waals surface area contributed by atoms with Gasteiger partial charge < -0.3 is 4.90 Å². The molecule has 0 N–H and O–H groups in total. The topological polar surface area (TPSA) is 44.1 Å². The maximum atomic E-state index is 11.8. The van der Waals surface area contributed by atoms with Gasteiger partial charge in [-0.1, -0.05) is 6.42 Å². The van der Waals surface area contributed by atoms with Crippen molar-refractivity contribution >= 4 is 5.91 Å². The molecule has 0 aliphatic heterocycles.